The maximum atomic E-state index is 5.50. The Hall–Kier alpha value is 0.170. The molecule has 2 saturated heterocycles. The average molecular weight is 151 g/mol. The van der Waals surface area contributed by atoms with Crippen LogP contribution in [0.25, 0.3) is 0 Å². The molecule has 0 aliphatic carbocycles. The largest absolute Gasteiger partial charge is 0.345 e. The van der Waals surface area contributed by atoms with Gasteiger partial charge in [-0.2, -0.15) is 0 Å². The molecule has 2 rings (SSSR count). The molecule has 2 aliphatic heterocycles. The van der Waals surface area contributed by atoms with Crippen molar-refractivity contribution in [2.24, 2.45) is 0 Å². The Morgan fingerprint density at radius 2 is 2.22 bits per heavy atom. The molecule has 0 radical (unpaired) electrons. The number of hydrogen-bond acceptors (Lipinski definition) is 3. The van der Waals surface area contributed by atoms with Crippen molar-refractivity contribution < 1.29 is 14.2 Å². The molecule has 0 aromatic carbocycles. The van der Waals surface area contributed by atoms with E-state index in [2.05, 4.69) is 0 Å². The summed E-state index contributed by atoms with van der Waals surface area (Å²) in [4.78, 5) is 0. The Morgan fingerprint density at radius 1 is 1.33 bits per heavy atom. The van der Waals surface area contributed by atoms with Crippen LogP contribution in [0.4, 0.5) is 0 Å². The highest BCUT2D eigenvalue weighted by Gasteiger charge is 2.46. The molecule has 2 aliphatic rings. The molecular formula is C5H7ClO3. The van der Waals surface area contributed by atoms with Gasteiger partial charge in [0.2, 0.25) is 12.6 Å². The van der Waals surface area contributed by atoms with Crippen LogP contribution in [0.5, 0.6) is 0 Å². The first-order valence-electron chi connectivity index (χ1n) is 2.88. The Bertz CT molecular complexity index is 119. The number of rotatable bonds is 1. The number of hydrogen-bond donors (Lipinski definition) is 0. The van der Waals surface area contributed by atoms with E-state index < -0.39 is 0 Å². The van der Waals surface area contributed by atoms with Crippen LogP contribution in [-0.4, -0.2) is 31.2 Å². The summed E-state index contributed by atoms with van der Waals surface area (Å²) < 4.78 is 15.3. The summed E-state index contributed by atoms with van der Waals surface area (Å²) in [6, 6.07) is 0. The van der Waals surface area contributed by atoms with E-state index in [1.807, 2.05) is 0 Å². The predicted octanol–water partition coefficient (Wildman–Crippen LogP) is 0.323. The van der Waals surface area contributed by atoms with Crippen LogP contribution in [0.2, 0.25) is 0 Å². The van der Waals surface area contributed by atoms with Gasteiger partial charge in [-0.15, -0.1) is 11.6 Å². The van der Waals surface area contributed by atoms with E-state index in [-0.39, 0.29) is 18.7 Å². The topological polar surface area (TPSA) is 31.0 Å². The summed E-state index contributed by atoms with van der Waals surface area (Å²) in [6.07, 6.45) is -0.192. The Morgan fingerprint density at radius 3 is 2.89 bits per heavy atom. The standard InChI is InChI=1S/C5H7ClO3/c6-1-3-2-7-4-5(8-3)9-4/h3-5H,1-2H2. The van der Waals surface area contributed by atoms with Crippen LogP contribution in [0, 0.1) is 0 Å². The van der Waals surface area contributed by atoms with Gasteiger partial charge in [0.1, 0.15) is 0 Å². The van der Waals surface area contributed by atoms with E-state index in [4.69, 9.17) is 25.8 Å². The minimum Gasteiger partial charge on any atom is -0.345 e. The number of fused-ring (bicyclic) bond motifs is 1. The van der Waals surface area contributed by atoms with Crippen molar-refractivity contribution >= 4 is 11.6 Å². The fraction of sp³-hybridized carbons (Fsp3) is 1.00. The van der Waals surface area contributed by atoms with E-state index in [1.54, 1.807) is 0 Å². The zero-order valence-corrected chi connectivity index (χ0v) is 5.50. The molecule has 52 valence electrons. The lowest BCUT2D eigenvalue weighted by molar-refractivity contribution is -0.0825. The fourth-order valence-electron chi connectivity index (χ4n) is 0.813. The molecule has 0 aromatic heterocycles. The lowest BCUT2D eigenvalue weighted by Crippen LogP contribution is -2.29. The molecule has 0 aromatic rings. The Kier molecular flexibility index (Phi) is 1.38. The summed E-state index contributed by atoms with van der Waals surface area (Å²) in [6.45, 7) is 0.560. The summed E-state index contributed by atoms with van der Waals surface area (Å²) in [5, 5.41) is 0. The number of alkyl halides is 1. The third-order valence-electron chi connectivity index (χ3n) is 1.36. The second-order valence-corrected chi connectivity index (χ2v) is 2.43. The maximum absolute atomic E-state index is 5.50. The average Bonchev–Trinajstić information content (AvgIpc) is 2.64. The van der Waals surface area contributed by atoms with Gasteiger partial charge in [-0.3, -0.25) is 0 Å². The van der Waals surface area contributed by atoms with Gasteiger partial charge in [0.25, 0.3) is 0 Å². The maximum Gasteiger partial charge on any atom is 0.212 e. The molecule has 0 spiro atoms. The summed E-state index contributed by atoms with van der Waals surface area (Å²) in [7, 11) is 0. The number of halogens is 1. The Labute approximate surface area is 57.8 Å². The number of epoxide rings is 1. The summed E-state index contributed by atoms with van der Waals surface area (Å²) in [5.41, 5.74) is 0. The monoisotopic (exact) mass is 150 g/mol. The number of ether oxygens (including phenoxy) is 3. The second-order valence-electron chi connectivity index (χ2n) is 2.12. The van der Waals surface area contributed by atoms with Crippen molar-refractivity contribution in [1.29, 1.82) is 0 Å². The van der Waals surface area contributed by atoms with E-state index >= 15 is 0 Å². The van der Waals surface area contributed by atoms with Crippen molar-refractivity contribution in [2.75, 3.05) is 12.5 Å². The van der Waals surface area contributed by atoms with Crippen molar-refractivity contribution in [3.63, 3.8) is 0 Å². The molecule has 0 bridgehead atoms. The molecular weight excluding hydrogens is 144 g/mol. The molecule has 0 saturated carbocycles. The van der Waals surface area contributed by atoms with Crippen LogP contribution in [0.15, 0.2) is 0 Å². The van der Waals surface area contributed by atoms with Crippen LogP contribution in [0.3, 0.4) is 0 Å². The minimum atomic E-state index is -0.123. The van der Waals surface area contributed by atoms with Crippen LogP contribution in [-0.2, 0) is 14.2 Å². The lowest BCUT2D eigenvalue weighted by Gasteiger charge is -2.16. The van der Waals surface area contributed by atoms with Crippen molar-refractivity contribution in [3.05, 3.63) is 0 Å². The van der Waals surface area contributed by atoms with Gasteiger partial charge in [-0.25, -0.2) is 0 Å². The van der Waals surface area contributed by atoms with Gasteiger partial charge in [0.15, 0.2) is 0 Å². The first-order valence-corrected chi connectivity index (χ1v) is 3.42. The van der Waals surface area contributed by atoms with Gasteiger partial charge in [0.05, 0.1) is 18.6 Å². The van der Waals surface area contributed by atoms with E-state index in [1.165, 1.54) is 0 Å². The van der Waals surface area contributed by atoms with E-state index in [9.17, 15) is 0 Å². The van der Waals surface area contributed by atoms with Crippen LogP contribution >= 0.6 is 11.6 Å². The predicted molar refractivity (Wildman–Crippen MR) is 30.2 cm³/mol. The van der Waals surface area contributed by atoms with Gasteiger partial charge < -0.3 is 14.2 Å². The quantitative estimate of drug-likeness (QED) is 0.399. The van der Waals surface area contributed by atoms with Gasteiger partial charge in [-0.05, 0) is 0 Å². The highest BCUT2D eigenvalue weighted by molar-refractivity contribution is 6.18. The van der Waals surface area contributed by atoms with Gasteiger partial charge in [-0.1, -0.05) is 0 Å². The molecule has 2 heterocycles. The van der Waals surface area contributed by atoms with Gasteiger partial charge >= 0.3 is 0 Å². The summed E-state index contributed by atoms with van der Waals surface area (Å²) in [5.74, 6) is 0.479. The highest BCUT2D eigenvalue weighted by atomic mass is 35.5. The van der Waals surface area contributed by atoms with Crippen molar-refractivity contribution in [2.45, 2.75) is 18.7 Å². The fourth-order valence-corrected chi connectivity index (χ4v) is 0.975. The third kappa shape index (κ3) is 1.05. The van der Waals surface area contributed by atoms with Crippen LogP contribution in [0.1, 0.15) is 0 Å². The Balaban J connectivity index is 1.86. The lowest BCUT2D eigenvalue weighted by atomic mass is 10.4. The molecule has 9 heavy (non-hydrogen) atoms. The SMILES string of the molecule is ClCC1COC2OC2O1. The first-order chi connectivity index (χ1) is 4.40. The smallest absolute Gasteiger partial charge is 0.212 e. The zero-order chi connectivity index (χ0) is 6.27. The normalized spacial score (nSPS) is 48.3. The van der Waals surface area contributed by atoms with Crippen molar-refractivity contribution in [1.82, 2.24) is 0 Å². The van der Waals surface area contributed by atoms with Crippen molar-refractivity contribution in [3.8, 4) is 0 Å². The molecule has 3 atom stereocenters. The summed E-state index contributed by atoms with van der Waals surface area (Å²) >= 11 is 5.50. The minimum absolute atomic E-state index is 0.0235. The van der Waals surface area contributed by atoms with E-state index in [0.29, 0.717) is 12.5 Å². The molecule has 0 N–H and O–H groups in total. The van der Waals surface area contributed by atoms with Gasteiger partial charge in [0, 0.05) is 0 Å². The van der Waals surface area contributed by atoms with Crippen LogP contribution < -0.4 is 0 Å². The highest BCUT2D eigenvalue weighted by Crippen LogP contribution is 2.30. The third-order valence-corrected chi connectivity index (χ3v) is 1.70. The molecule has 4 heteroatoms. The zero-order valence-electron chi connectivity index (χ0n) is 4.75. The molecule has 0 amide bonds. The first kappa shape index (κ1) is 5.92. The van der Waals surface area contributed by atoms with E-state index in [0.717, 1.165) is 0 Å². The molecule has 3 unspecified atom stereocenters. The molecule has 2 fully saturated rings. The second kappa shape index (κ2) is 2.09. The molecule has 3 nitrogen and oxygen atoms in total.